The van der Waals surface area contributed by atoms with E-state index in [1.807, 2.05) is 24.3 Å². The first-order valence-electron chi connectivity index (χ1n) is 8.40. The Morgan fingerprint density at radius 3 is 2.85 bits per heavy atom. The lowest BCUT2D eigenvalue weighted by Crippen LogP contribution is -2.46. The second-order valence-electron chi connectivity index (χ2n) is 6.38. The number of anilines is 1. The number of para-hydroxylation sites is 1. The number of sulfonamides is 1. The molecule has 2 N–H and O–H groups in total. The third-order valence-corrected chi connectivity index (χ3v) is 6.10. The van der Waals surface area contributed by atoms with E-state index in [0.29, 0.717) is 12.1 Å². The maximum Gasteiger partial charge on any atom is 0.417 e. The van der Waals surface area contributed by atoms with Gasteiger partial charge < -0.3 is 9.32 Å². The van der Waals surface area contributed by atoms with Crippen LogP contribution >= 0.6 is 0 Å². The topological polar surface area (TPSA) is 112 Å². The Labute approximate surface area is 154 Å². The maximum atomic E-state index is 12.8. The molecule has 0 bridgehead atoms. The minimum atomic E-state index is -3.97. The lowest BCUT2D eigenvalue weighted by molar-refractivity contribution is -0.119. The third kappa shape index (κ3) is 3.15. The van der Waals surface area contributed by atoms with E-state index in [1.165, 1.54) is 25.1 Å². The number of rotatable bonds is 4. The average molecular weight is 387 g/mol. The highest BCUT2D eigenvalue weighted by Crippen LogP contribution is 2.28. The highest BCUT2D eigenvalue weighted by atomic mass is 32.2. The first-order chi connectivity index (χ1) is 12.8. The fraction of sp³-hybridized carbons (Fsp3) is 0.222. The van der Waals surface area contributed by atoms with Crippen molar-refractivity contribution in [3.8, 4) is 0 Å². The molecule has 2 heterocycles. The molecule has 8 nitrogen and oxygen atoms in total. The van der Waals surface area contributed by atoms with Gasteiger partial charge in [-0.2, -0.15) is 4.72 Å². The molecule has 1 aliphatic heterocycles. The third-order valence-electron chi connectivity index (χ3n) is 4.56. The summed E-state index contributed by atoms with van der Waals surface area (Å²) in [5.74, 6) is -0.985. The molecule has 1 aliphatic rings. The Morgan fingerprint density at radius 2 is 2.04 bits per heavy atom. The summed E-state index contributed by atoms with van der Waals surface area (Å²) < 4.78 is 32.6. The van der Waals surface area contributed by atoms with Crippen LogP contribution in [-0.4, -0.2) is 31.9 Å². The van der Waals surface area contributed by atoms with Crippen LogP contribution in [0.1, 0.15) is 12.5 Å². The predicted octanol–water partition coefficient (Wildman–Crippen LogP) is 1.38. The van der Waals surface area contributed by atoms with Gasteiger partial charge in [-0.1, -0.05) is 18.2 Å². The van der Waals surface area contributed by atoms with Crippen molar-refractivity contribution in [1.29, 1.82) is 0 Å². The molecule has 1 aromatic heterocycles. The van der Waals surface area contributed by atoms with Gasteiger partial charge >= 0.3 is 5.76 Å². The number of fused-ring (bicyclic) bond motifs is 2. The monoisotopic (exact) mass is 387 g/mol. The molecule has 1 atom stereocenters. The zero-order chi connectivity index (χ0) is 19.2. The molecule has 1 amide bonds. The second-order valence-corrected chi connectivity index (χ2v) is 8.10. The van der Waals surface area contributed by atoms with Crippen LogP contribution in [0.25, 0.3) is 11.1 Å². The molecule has 4 rings (SSSR count). The SMILES string of the molecule is C[C@H](NS(=O)(=O)c1ccc2[nH]c(=O)oc2c1)C(=O)N1CCc2ccccc21. The molecule has 3 aromatic rings. The fourth-order valence-electron chi connectivity index (χ4n) is 3.24. The quantitative estimate of drug-likeness (QED) is 0.702. The van der Waals surface area contributed by atoms with Crippen LogP contribution in [0.5, 0.6) is 0 Å². The number of benzene rings is 2. The van der Waals surface area contributed by atoms with E-state index in [1.54, 1.807) is 4.90 Å². The van der Waals surface area contributed by atoms with Gasteiger partial charge in [0, 0.05) is 18.3 Å². The van der Waals surface area contributed by atoms with Gasteiger partial charge in [0.05, 0.1) is 16.5 Å². The van der Waals surface area contributed by atoms with Crippen molar-refractivity contribution in [3.05, 3.63) is 58.6 Å². The smallest absolute Gasteiger partial charge is 0.408 e. The number of nitrogens with zero attached hydrogens (tertiary/aromatic N) is 1. The Morgan fingerprint density at radius 1 is 1.26 bits per heavy atom. The van der Waals surface area contributed by atoms with Crippen LogP contribution in [0.4, 0.5) is 5.69 Å². The van der Waals surface area contributed by atoms with E-state index in [-0.39, 0.29) is 16.4 Å². The van der Waals surface area contributed by atoms with Crippen LogP contribution in [0.15, 0.2) is 56.6 Å². The summed E-state index contributed by atoms with van der Waals surface area (Å²) in [5.41, 5.74) is 2.41. The van der Waals surface area contributed by atoms with E-state index in [4.69, 9.17) is 4.42 Å². The molecular weight excluding hydrogens is 370 g/mol. The van der Waals surface area contributed by atoms with Crippen molar-refractivity contribution in [1.82, 2.24) is 9.71 Å². The molecular formula is C18H17N3O5S. The van der Waals surface area contributed by atoms with Gasteiger partial charge in [0.25, 0.3) is 0 Å². The predicted molar refractivity (Wildman–Crippen MR) is 99.1 cm³/mol. The largest absolute Gasteiger partial charge is 0.417 e. The van der Waals surface area contributed by atoms with Crippen LogP contribution in [0.2, 0.25) is 0 Å². The van der Waals surface area contributed by atoms with Gasteiger partial charge in [-0.3, -0.25) is 9.78 Å². The second kappa shape index (κ2) is 6.36. The van der Waals surface area contributed by atoms with Crippen molar-refractivity contribution in [2.75, 3.05) is 11.4 Å². The van der Waals surface area contributed by atoms with Gasteiger partial charge in [0.15, 0.2) is 5.58 Å². The number of oxazole rings is 1. The molecule has 2 aromatic carbocycles. The summed E-state index contributed by atoms with van der Waals surface area (Å²) in [7, 11) is -3.97. The van der Waals surface area contributed by atoms with Crippen molar-refractivity contribution in [3.63, 3.8) is 0 Å². The van der Waals surface area contributed by atoms with Gasteiger partial charge in [0.1, 0.15) is 0 Å². The maximum absolute atomic E-state index is 12.8. The van der Waals surface area contributed by atoms with E-state index in [9.17, 15) is 18.0 Å². The fourth-order valence-corrected chi connectivity index (χ4v) is 4.46. The summed E-state index contributed by atoms with van der Waals surface area (Å²) in [5, 5.41) is 0. The number of H-pyrrole nitrogens is 1. The Kier molecular flexibility index (Phi) is 4.12. The van der Waals surface area contributed by atoms with Crippen LogP contribution in [0, 0.1) is 0 Å². The molecule has 0 saturated heterocycles. The molecule has 140 valence electrons. The molecule has 0 aliphatic carbocycles. The van der Waals surface area contributed by atoms with E-state index in [0.717, 1.165) is 17.7 Å². The van der Waals surface area contributed by atoms with Crippen LogP contribution in [-0.2, 0) is 21.2 Å². The number of hydrogen-bond donors (Lipinski definition) is 2. The van der Waals surface area contributed by atoms with Crippen molar-refractivity contribution < 1.29 is 17.6 Å². The van der Waals surface area contributed by atoms with Crippen molar-refractivity contribution in [2.45, 2.75) is 24.3 Å². The van der Waals surface area contributed by atoms with Gasteiger partial charge in [-0.25, -0.2) is 13.2 Å². The summed E-state index contributed by atoms with van der Waals surface area (Å²) in [6.07, 6.45) is 0.741. The zero-order valence-corrected chi connectivity index (χ0v) is 15.2. The number of aromatic nitrogens is 1. The van der Waals surface area contributed by atoms with Crippen molar-refractivity contribution >= 4 is 32.7 Å². The molecule has 0 fully saturated rings. The summed E-state index contributed by atoms with van der Waals surface area (Å²) >= 11 is 0. The Balaban J connectivity index is 1.56. The van der Waals surface area contributed by atoms with Crippen LogP contribution in [0.3, 0.4) is 0 Å². The van der Waals surface area contributed by atoms with E-state index < -0.39 is 21.8 Å². The molecule has 0 unspecified atom stereocenters. The standard InChI is InChI=1S/C18H17N3O5S/c1-11(17(22)21-9-8-12-4-2-3-5-15(12)21)20-27(24,25)13-6-7-14-16(10-13)26-18(23)19-14/h2-7,10-11,20H,8-9H2,1H3,(H,19,23)/t11-/m0/s1. The van der Waals surface area contributed by atoms with E-state index in [2.05, 4.69) is 9.71 Å². The minimum Gasteiger partial charge on any atom is -0.408 e. The highest BCUT2D eigenvalue weighted by molar-refractivity contribution is 7.89. The zero-order valence-electron chi connectivity index (χ0n) is 14.4. The number of nitrogens with one attached hydrogen (secondary N) is 2. The number of hydrogen-bond acceptors (Lipinski definition) is 5. The number of amides is 1. The van der Waals surface area contributed by atoms with Gasteiger partial charge in [-0.15, -0.1) is 0 Å². The van der Waals surface area contributed by atoms with Crippen molar-refractivity contribution in [2.24, 2.45) is 0 Å². The highest BCUT2D eigenvalue weighted by Gasteiger charge is 2.30. The molecule has 0 radical (unpaired) electrons. The normalized spacial score (nSPS) is 15.1. The van der Waals surface area contributed by atoms with Crippen LogP contribution < -0.4 is 15.4 Å². The van der Waals surface area contributed by atoms with Gasteiger partial charge in [0.2, 0.25) is 15.9 Å². The first-order valence-corrected chi connectivity index (χ1v) is 9.88. The molecule has 27 heavy (non-hydrogen) atoms. The average Bonchev–Trinajstić information content (AvgIpc) is 3.22. The first kappa shape index (κ1) is 17.5. The molecule has 0 saturated carbocycles. The lowest BCUT2D eigenvalue weighted by atomic mass is 10.2. The summed E-state index contributed by atoms with van der Waals surface area (Å²) in [6, 6.07) is 10.7. The lowest BCUT2D eigenvalue weighted by Gasteiger charge is -2.22. The number of aromatic amines is 1. The number of carbonyl (C=O) groups excluding carboxylic acids is 1. The Bertz CT molecular complexity index is 1190. The minimum absolute atomic E-state index is 0.0841. The van der Waals surface area contributed by atoms with E-state index >= 15 is 0 Å². The number of carbonyl (C=O) groups is 1. The molecule has 0 spiro atoms. The van der Waals surface area contributed by atoms with Gasteiger partial charge in [-0.05, 0) is 37.1 Å². The Hall–Kier alpha value is -2.91. The molecule has 9 heteroatoms. The summed E-state index contributed by atoms with van der Waals surface area (Å²) in [6.45, 7) is 2.03. The summed E-state index contributed by atoms with van der Waals surface area (Å²) in [4.78, 5) is 27.9.